The molecule has 8 heteroatoms. The Morgan fingerprint density at radius 2 is 1.65 bits per heavy atom. The highest BCUT2D eigenvalue weighted by atomic mass is 19.4. The quantitative estimate of drug-likeness (QED) is 0.418. The molecule has 0 aliphatic carbocycles. The molecule has 31 heavy (non-hydrogen) atoms. The van der Waals surface area contributed by atoms with E-state index in [2.05, 4.69) is 59.5 Å². The number of rotatable bonds is 9. The summed E-state index contributed by atoms with van der Waals surface area (Å²) in [5.74, 6) is 2.58. The average Bonchev–Trinajstić information content (AvgIpc) is 2.71. The standard InChI is InChI=1S/C23H32F3N5/c1-14(2)16(5)9-7-12-20-29-21(18-10-8-11-19(28-18)23(24,25)26)31-22(30-20)27-13-17(6)15(3)4/h8,10-11,13-17H,7,9,12H2,1-6H3. The lowest BCUT2D eigenvalue weighted by Gasteiger charge is -2.14. The number of nitrogens with zero attached hydrogens (tertiary/aromatic N) is 5. The molecule has 0 radical (unpaired) electrons. The van der Waals surface area contributed by atoms with E-state index in [0.29, 0.717) is 30.0 Å². The van der Waals surface area contributed by atoms with Crippen molar-refractivity contribution in [3.8, 4) is 11.5 Å². The number of hydrogen-bond acceptors (Lipinski definition) is 5. The smallest absolute Gasteiger partial charge is 0.240 e. The van der Waals surface area contributed by atoms with Crippen LogP contribution in [0.1, 0.15) is 65.9 Å². The van der Waals surface area contributed by atoms with Crippen LogP contribution in [0.3, 0.4) is 0 Å². The lowest BCUT2D eigenvalue weighted by atomic mass is 9.92. The van der Waals surface area contributed by atoms with Crippen molar-refractivity contribution >= 4 is 12.2 Å². The summed E-state index contributed by atoms with van der Waals surface area (Å²) in [6.07, 6.45) is -0.262. The Kier molecular flexibility index (Phi) is 8.65. The molecule has 2 aromatic rings. The van der Waals surface area contributed by atoms with Gasteiger partial charge in [-0.15, -0.1) is 0 Å². The van der Waals surface area contributed by atoms with Crippen LogP contribution in [0.2, 0.25) is 0 Å². The van der Waals surface area contributed by atoms with E-state index in [1.54, 1.807) is 6.21 Å². The van der Waals surface area contributed by atoms with Gasteiger partial charge in [0.15, 0.2) is 5.82 Å². The summed E-state index contributed by atoms with van der Waals surface area (Å²) in [5, 5.41) is 0. The molecule has 0 N–H and O–H groups in total. The number of hydrogen-bond donors (Lipinski definition) is 0. The van der Waals surface area contributed by atoms with Gasteiger partial charge in [-0.1, -0.05) is 54.0 Å². The average molecular weight is 436 g/mol. The van der Waals surface area contributed by atoms with Crippen LogP contribution in [0.5, 0.6) is 0 Å². The van der Waals surface area contributed by atoms with Gasteiger partial charge < -0.3 is 0 Å². The SMILES string of the molecule is CC(C)C(C)C=Nc1nc(CCCC(C)C(C)C)nc(-c2cccc(C(F)(F)F)n2)n1. The second kappa shape index (κ2) is 10.8. The largest absolute Gasteiger partial charge is 0.433 e. The van der Waals surface area contributed by atoms with Gasteiger partial charge in [0.2, 0.25) is 0 Å². The first-order valence-corrected chi connectivity index (χ1v) is 10.8. The Morgan fingerprint density at radius 3 is 2.26 bits per heavy atom. The van der Waals surface area contributed by atoms with E-state index in [1.165, 1.54) is 12.1 Å². The zero-order chi connectivity index (χ0) is 23.2. The van der Waals surface area contributed by atoms with Crippen LogP contribution >= 0.6 is 0 Å². The molecule has 2 unspecified atom stereocenters. The molecule has 0 aliphatic rings. The summed E-state index contributed by atoms with van der Waals surface area (Å²) in [6.45, 7) is 12.8. The third-order valence-electron chi connectivity index (χ3n) is 5.61. The summed E-state index contributed by atoms with van der Waals surface area (Å²) in [6, 6.07) is 3.71. The molecule has 2 rings (SSSR count). The zero-order valence-corrected chi connectivity index (χ0v) is 19.1. The van der Waals surface area contributed by atoms with Gasteiger partial charge in [0, 0.05) is 12.6 Å². The van der Waals surface area contributed by atoms with Gasteiger partial charge in [0.25, 0.3) is 5.95 Å². The van der Waals surface area contributed by atoms with Crippen molar-refractivity contribution in [2.45, 2.75) is 67.0 Å². The van der Waals surface area contributed by atoms with Crippen LogP contribution in [0.4, 0.5) is 19.1 Å². The predicted molar refractivity (Wildman–Crippen MR) is 117 cm³/mol. The third-order valence-corrected chi connectivity index (χ3v) is 5.61. The number of pyridine rings is 1. The summed E-state index contributed by atoms with van der Waals surface area (Å²) in [4.78, 5) is 21.2. The van der Waals surface area contributed by atoms with Gasteiger partial charge in [-0.25, -0.2) is 15.0 Å². The first-order chi connectivity index (χ1) is 14.5. The Balaban J connectivity index is 2.37. The van der Waals surface area contributed by atoms with Crippen molar-refractivity contribution in [2.24, 2.45) is 28.7 Å². The fraction of sp³-hybridized carbons (Fsp3) is 0.609. The number of halogens is 3. The summed E-state index contributed by atoms with van der Waals surface area (Å²) >= 11 is 0. The summed E-state index contributed by atoms with van der Waals surface area (Å²) in [5.41, 5.74) is -0.918. The Bertz CT molecular complexity index is 878. The molecule has 0 saturated carbocycles. The van der Waals surface area contributed by atoms with Crippen molar-refractivity contribution in [3.05, 3.63) is 29.7 Å². The second-order valence-corrected chi connectivity index (χ2v) is 8.78. The summed E-state index contributed by atoms with van der Waals surface area (Å²) in [7, 11) is 0. The fourth-order valence-electron chi connectivity index (χ4n) is 2.68. The van der Waals surface area contributed by atoms with Crippen molar-refractivity contribution in [2.75, 3.05) is 0 Å². The van der Waals surface area contributed by atoms with E-state index in [9.17, 15) is 13.2 Å². The highest BCUT2D eigenvalue weighted by Crippen LogP contribution is 2.29. The van der Waals surface area contributed by atoms with E-state index in [4.69, 9.17) is 0 Å². The molecular formula is C23H32F3N5. The highest BCUT2D eigenvalue weighted by molar-refractivity contribution is 5.64. The molecule has 0 bridgehead atoms. The molecule has 0 saturated heterocycles. The number of alkyl halides is 3. The molecule has 2 heterocycles. The molecule has 0 amide bonds. The Labute approximate surface area is 182 Å². The molecule has 0 spiro atoms. The van der Waals surface area contributed by atoms with E-state index in [1.807, 2.05) is 6.92 Å². The Hall–Kier alpha value is -2.38. The zero-order valence-electron chi connectivity index (χ0n) is 19.1. The van der Waals surface area contributed by atoms with Gasteiger partial charge >= 0.3 is 6.18 Å². The number of aromatic nitrogens is 4. The van der Waals surface area contributed by atoms with Gasteiger partial charge in [-0.2, -0.15) is 23.1 Å². The van der Waals surface area contributed by atoms with E-state index in [0.717, 1.165) is 18.9 Å². The minimum absolute atomic E-state index is 0.0578. The molecule has 2 atom stereocenters. The minimum Gasteiger partial charge on any atom is -0.240 e. The van der Waals surface area contributed by atoms with Crippen molar-refractivity contribution in [1.82, 2.24) is 19.9 Å². The highest BCUT2D eigenvalue weighted by Gasteiger charge is 2.32. The Morgan fingerprint density at radius 1 is 0.935 bits per heavy atom. The van der Waals surface area contributed by atoms with Crippen molar-refractivity contribution in [3.63, 3.8) is 0 Å². The van der Waals surface area contributed by atoms with Crippen molar-refractivity contribution < 1.29 is 13.2 Å². The maximum atomic E-state index is 13.1. The van der Waals surface area contributed by atoms with Crippen LogP contribution in [0.15, 0.2) is 23.2 Å². The topological polar surface area (TPSA) is 63.9 Å². The molecule has 170 valence electrons. The molecule has 0 aromatic carbocycles. The van der Waals surface area contributed by atoms with Gasteiger partial charge in [0.1, 0.15) is 17.2 Å². The number of aliphatic imine (C=N–C) groups is 1. The van der Waals surface area contributed by atoms with Crippen LogP contribution < -0.4 is 0 Å². The molecular weight excluding hydrogens is 403 g/mol. The van der Waals surface area contributed by atoms with Gasteiger partial charge in [0.05, 0.1) is 0 Å². The van der Waals surface area contributed by atoms with Crippen LogP contribution in [-0.4, -0.2) is 26.2 Å². The van der Waals surface area contributed by atoms with Crippen LogP contribution in [0.25, 0.3) is 11.5 Å². The lowest BCUT2D eigenvalue weighted by molar-refractivity contribution is -0.141. The summed E-state index contributed by atoms with van der Waals surface area (Å²) < 4.78 is 39.3. The predicted octanol–water partition coefficient (Wildman–Crippen LogP) is 6.56. The maximum absolute atomic E-state index is 13.1. The first kappa shape index (κ1) is 24.9. The van der Waals surface area contributed by atoms with Crippen molar-refractivity contribution in [1.29, 1.82) is 0 Å². The second-order valence-electron chi connectivity index (χ2n) is 8.78. The third kappa shape index (κ3) is 7.67. The molecule has 2 aromatic heterocycles. The molecule has 5 nitrogen and oxygen atoms in total. The molecule has 0 fully saturated rings. The first-order valence-electron chi connectivity index (χ1n) is 10.8. The number of aryl methyl sites for hydroxylation is 1. The van der Waals surface area contributed by atoms with Gasteiger partial charge in [-0.05, 0) is 42.2 Å². The monoisotopic (exact) mass is 435 g/mol. The minimum atomic E-state index is -4.54. The normalized spacial score (nSPS) is 14.5. The molecule has 0 aliphatic heterocycles. The maximum Gasteiger partial charge on any atom is 0.433 e. The lowest BCUT2D eigenvalue weighted by Crippen LogP contribution is -2.10. The van der Waals surface area contributed by atoms with Crippen LogP contribution in [0, 0.1) is 23.7 Å². The van der Waals surface area contributed by atoms with Gasteiger partial charge in [-0.3, -0.25) is 0 Å². The van der Waals surface area contributed by atoms with E-state index < -0.39 is 11.9 Å². The van der Waals surface area contributed by atoms with E-state index in [-0.39, 0.29) is 23.4 Å². The van der Waals surface area contributed by atoms with Crippen LogP contribution in [-0.2, 0) is 12.6 Å². The fourth-order valence-corrected chi connectivity index (χ4v) is 2.68. The van der Waals surface area contributed by atoms with E-state index >= 15 is 0 Å².